The van der Waals surface area contributed by atoms with E-state index in [1.54, 1.807) is 0 Å². The van der Waals surface area contributed by atoms with Gasteiger partial charge in [0.05, 0.1) is 0 Å². The third-order valence-corrected chi connectivity index (χ3v) is 4.72. The largest absolute Gasteiger partial charge is 0.480 e. The lowest BCUT2D eigenvalue weighted by atomic mass is 9.89. The van der Waals surface area contributed by atoms with Crippen LogP contribution in [0.25, 0.3) is 0 Å². The van der Waals surface area contributed by atoms with Gasteiger partial charge in [0, 0.05) is 12.6 Å². The summed E-state index contributed by atoms with van der Waals surface area (Å²) in [5.41, 5.74) is 0. The van der Waals surface area contributed by atoms with Crippen molar-refractivity contribution in [1.29, 1.82) is 0 Å². The van der Waals surface area contributed by atoms with E-state index in [2.05, 4.69) is 4.90 Å². The quantitative estimate of drug-likeness (QED) is 0.753. The maximum absolute atomic E-state index is 11.4. The van der Waals surface area contributed by atoms with Gasteiger partial charge in [-0.3, -0.25) is 9.69 Å². The van der Waals surface area contributed by atoms with E-state index < -0.39 is 5.97 Å². The monoisotopic (exact) mass is 209 g/mol. The Hall–Kier alpha value is -0.570. The third-order valence-electron chi connectivity index (χ3n) is 4.72. The van der Waals surface area contributed by atoms with Crippen LogP contribution in [-0.4, -0.2) is 34.6 Å². The molecule has 0 aromatic heterocycles. The van der Waals surface area contributed by atoms with Crippen molar-refractivity contribution in [3.8, 4) is 0 Å². The number of likely N-dealkylation sites (tertiary alicyclic amines) is 1. The molecule has 3 heteroatoms. The van der Waals surface area contributed by atoms with Crippen LogP contribution in [-0.2, 0) is 4.79 Å². The SMILES string of the molecule is O=C(O)C1C2CCCC2CN1C1CCC1. The topological polar surface area (TPSA) is 40.5 Å². The molecule has 2 aliphatic carbocycles. The summed E-state index contributed by atoms with van der Waals surface area (Å²) in [7, 11) is 0. The zero-order valence-corrected chi connectivity index (χ0v) is 9.06. The van der Waals surface area contributed by atoms with E-state index in [9.17, 15) is 9.90 Å². The van der Waals surface area contributed by atoms with Crippen LogP contribution in [0.3, 0.4) is 0 Å². The number of carboxylic acid groups (broad SMARTS) is 1. The number of aliphatic carboxylic acids is 1. The van der Waals surface area contributed by atoms with Crippen LogP contribution in [0.1, 0.15) is 38.5 Å². The van der Waals surface area contributed by atoms with E-state index in [4.69, 9.17) is 0 Å². The molecule has 0 amide bonds. The molecule has 3 nitrogen and oxygen atoms in total. The number of hydrogen-bond donors (Lipinski definition) is 1. The minimum absolute atomic E-state index is 0.150. The molecule has 0 radical (unpaired) electrons. The molecule has 1 heterocycles. The van der Waals surface area contributed by atoms with Gasteiger partial charge in [0.1, 0.15) is 6.04 Å². The second-order valence-corrected chi connectivity index (χ2v) is 5.42. The summed E-state index contributed by atoms with van der Waals surface area (Å²) in [6.45, 7) is 1.06. The first-order chi connectivity index (χ1) is 7.27. The lowest BCUT2D eigenvalue weighted by molar-refractivity contribution is -0.145. The van der Waals surface area contributed by atoms with Crippen LogP contribution < -0.4 is 0 Å². The van der Waals surface area contributed by atoms with Gasteiger partial charge >= 0.3 is 5.97 Å². The van der Waals surface area contributed by atoms with Gasteiger partial charge in [0.25, 0.3) is 0 Å². The Morgan fingerprint density at radius 1 is 1.13 bits per heavy atom. The molecule has 3 atom stereocenters. The van der Waals surface area contributed by atoms with Crippen LogP contribution in [0.5, 0.6) is 0 Å². The van der Waals surface area contributed by atoms with Crippen molar-refractivity contribution in [3.05, 3.63) is 0 Å². The number of fused-ring (bicyclic) bond motifs is 1. The zero-order chi connectivity index (χ0) is 10.4. The Kier molecular flexibility index (Phi) is 2.23. The van der Waals surface area contributed by atoms with E-state index in [0.717, 1.165) is 13.0 Å². The molecule has 2 saturated carbocycles. The van der Waals surface area contributed by atoms with Gasteiger partial charge in [-0.1, -0.05) is 12.8 Å². The van der Waals surface area contributed by atoms with Gasteiger partial charge in [-0.15, -0.1) is 0 Å². The fourth-order valence-corrected chi connectivity index (χ4v) is 3.76. The highest BCUT2D eigenvalue weighted by Crippen LogP contribution is 2.45. The first-order valence-corrected chi connectivity index (χ1v) is 6.26. The van der Waals surface area contributed by atoms with Gasteiger partial charge in [-0.05, 0) is 37.5 Å². The van der Waals surface area contributed by atoms with Crippen molar-refractivity contribution in [2.45, 2.75) is 50.6 Å². The fourth-order valence-electron chi connectivity index (χ4n) is 3.76. The first kappa shape index (κ1) is 9.64. The third kappa shape index (κ3) is 1.40. The van der Waals surface area contributed by atoms with Crippen molar-refractivity contribution in [1.82, 2.24) is 4.90 Å². The summed E-state index contributed by atoms with van der Waals surface area (Å²) in [4.78, 5) is 13.7. The number of carboxylic acids is 1. The molecule has 3 fully saturated rings. The average molecular weight is 209 g/mol. The van der Waals surface area contributed by atoms with E-state index >= 15 is 0 Å². The molecule has 1 N–H and O–H groups in total. The van der Waals surface area contributed by atoms with Crippen molar-refractivity contribution < 1.29 is 9.90 Å². The van der Waals surface area contributed by atoms with Gasteiger partial charge < -0.3 is 5.11 Å². The minimum Gasteiger partial charge on any atom is -0.480 e. The Bertz CT molecular complexity index is 275. The van der Waals surface area contributed by atoms with E-state index in [-0.39, 0.29) is 6.04 Å². The van der Waals surface area contributed by atoms with Crippen LogP contribution in [0.4, 0.5) is 0 Å². The van der Waals surface area contributed by atoms with Crippen molar-refractivity contribution in [2.75, 3.05) is 6.54 Å². The second kappa shape index (κ2) is 3.48. The number of rotatable bonds is 2. The van der Waals surface area contributed by atoms with Crippen molar-refractivity contribution in [3.63, 3.8) is 0 Å². The number of nitrogens with zero attached hydrogens (tertiary/aromatic N) is 1. The predicted octanol–water partition coefficient (Wildman–Crippen LogP) is 1.72. The van der Waals surface area contributed by atoms with E-state index in [1.807, 2.05) is 0 Å². The van der Waals surface area contributed by atoms with Gasteiger partial charge in [-0.25, -0.2) is 0 Å². The van der Waals surface area contributed by atoms with Crippen LogP contribution in [0.2, 0.25) is 0 Å². The van der Waals surface area contributed by atoms with Gasteiger partial charge in [0.15, 0.2) is 0 Å². The van der Waals surface area contributed by atoms with Crippen LogP contribution in [0.15, 0.2) is 0 Å². The Morgan fingerprint density at radius 2 is 1.87 bits per heavy atom. The Morgan fingerprint density at radius 3 is 2.47 bits per heavy atom. The number of hydrogen-bond acceptors (Lipinski definition) is 2. The molecule has 3 unspecified atom stereocenters. The molecular weight excluding hydrogens is 190 g/mol. The predicted molar refractivity (Wildman–Crippen MR) is 56.6 cm³/mol. The normalized spacial score (nSPS) is 41.5. The van der Waals surface area contributed by atoms with Crippen LogP contribution in [0, 0.1) is 11.8 Å². The molecule has 84 valence electrons. The highest BCUT2D eigenvalue weighted by atomic mass is 16.4. The van der Waals surface area contributed by atoms with Crippen LogP contribution >= 0.6 is 0 Å². The Labute approximate surface area is 90.5 Å². The second-order valence-electron chi connectivity index (χ2n) is 5.42. The standard InChI is InChI=1S/C12H19NO2/c14-12(15)11-10-6-1-3-8(10)7-13(11)9-4-2-5-9/h8-11H,1-7H2,(H,14,15). The maximum atomic E-state index is 11.4. The lowest BCUT2D eigenvalue weighted by Gasteiger charge is -2.38. The minimum atomic E-state index is -0.573. The summed E-state index contributed by atoms with van der Waals surface area (Å²) in [5.74, 6) is 0.575. The van der Waals surface area contributed by atoms with E-state index in [1.165, 1.54) is 32.1 Å². The van der Waals surface area contributed by atoms with E-state index in [0.29, 0.717) is 17.9 Å². The van der Waals surface area contributed by atoms with Gasteiger partial charge in [0.2, 0.25) is 0 Å². The molecule has 0 aromatic carbocycles. The summed E-state index contributed by atoms with van der Waals surface area (Å²) in [5, 5.41) is 9.36. The summed E-state index contributed by atoms with van der Waals surface area (Å²) in [6, 6.07) is 0.444. The summed E-state index contributed by atoms with van der Waals surface area (Å²) in [6.07, 6.45) is 7.40. The van der Waals surface area contributed by atoms with Crippen molar-refractivity contribution in [2.24, 2.45) is 11.8 Å². The molecule has 0 aromatic rings. The highest BCUT2D eigenvalue weighted by Gasteiger charge is 2.50. The summed E-state index contributed by atoms with van der Waals surface area (Å²) >= 11 is 0. The fraction of sp³-hybridized carbons (Fsp3) is 0.917. The molecule has 1 saturated heterocycles. The maximum Gasteiger partial charge on any atom is 0.321 e. The van der Waals surface area contributed by atoms with Gasteiger partial charge in [-0.2, -0.15) is 0 Å². The average Bonchev–Trinajstić information content (AvgIpc) is 2.58. The number of carbonyl (C=O) groups is 1. The smallest absolute Gasteiger partial charge is 0.321 e. The lowest BCUT2D eigenvalue weighted by Crippen LogP contribution is -2.48. The van der Waals surface area contributed by atoms with Crippen molar-refractivity contribution >= 4 is 5.97 Å². The molecule has 15 heavy (non-hydrogen) atoms. The molecule has 3 rings (SSSR count). The Balaban J connectivity index is 1.79. The molecule has 0 bridgehead atoms. The molecular formula is C12H19NO2. The zero-order valence-electron chi connectivity index (χ0n) is 9.06. The highest BCUT2D eigenvalue weighted by molar-refractivity contribution is 5.74. The molecule has 3 aliphatic rings. The molecule has 1 aliphatic heterocycles. The molecule has 0 spiro atoms. The summed E-state index contributed by atoms with van der Waals surface area (Å²) < 4.78 is 0. The first-order valence-electron chi connectivity index (χ1n) is 6.26.